The largest absolute Gasteiger partial charge is 0.354 e. The van der Waals surface area contributed by atoms with Gasteiger partial charge >= 0.3 is 0 Å². The number of thiophene rings is 1. The maximum atomic E-state index is 10.1. The van der Waals surface area contributed by atoms with E-state index in [4.69, 9.17) is 0 Å². The maximum absolute atomic E-state index is 10.1. The van der Waals surface area contributed by atoms with Crippen LogP contribution < -0.4 is 5.32 Å². The summed E-state index contributed by atoms with van der Waals surface area (Å²) in [6.45, 7) is 0.602. The number of hydrogen-bond donors (Lipinski definition) is 2. The average Bonchev–Trinajstić information content (AvgIpc) is 2.63. The van der Waals surface area contributed by atoms with Gasteiger partial charge in [-0.1, -0.05) is 12.2 Å². The summed E-state index contributed by atoms with van der Waals surface area (Å²) in [7, 11) is 0. The molecule has 1 aromatic heterocycles. The number of hydrogen-bond acceptors (Lipinski definition) is 3. The van der Waals surface area contributed by atoms with Gasteiger partial charge in [0.05, 0.1) is 6.54 Å². The minimum atomic E-state index is 0.602. The Bertz CT molecular complexity index is 342. The van der Waals surface area contributed by atoms with Crippen LogP contribution in [0.25, 0.3) is 6.08 Å². The summed E-state index contributed by atoms with van der Waals surface area (Å²) in [5.41, 5.74) is 0. The van der Waals surface area contributed by atoms with Crippen LogP contribution in [-0.2, 0) is 11.3 Å². The minimum absolute atomic E-state index is 0.602. The van der Waals surface area contributed by atoms with Crippen molar-refractivity contribution < 1.29 is 4.79 Å². The van der Waals surface area contributed by atoms with Crippen molar-refractivity contribution >= 4 is 36.5 Å². The van der Waals surface area contributed by atoms with Gasteiger partial charge in [-0.15, -0.1) is 11.3 Å². The van der Waals surface area contributed by atoms with Crippen molar-refractivity contribution in [1.29, 1.82) is 0 Å². The van der Waals surface area contributed by atoms with E-state index in [0.29, 0.717) is 13.0 Å². The van der Waals surface area contributed by atoms with Crippen molar-refractivity contribution in [2.24, 2.45) is 0 Å². The second kappa shape index (κ2) is 6.45. The number of allylic oxidation sites excluding steroid dienone is 2. The van der Waals surface area contributed by atoms with Crippen molar-refractivity contribution in [2.75, 3.05) is 0 Å². The lowest BCUT2D eigenvalue weighted by Crippen LogP contribution is -2.07. The normalized spacial score (nSPS) is 11.2. The summed E-state index contributed by atoms with van der Waals surface area (Å²) in [6.07, 6.45) is 6.49. The molecule has 0 fully saturated rings. The number of rotatable bonds is 5. The second-order valence-corrected chi connectivity index (χ2v) is 4.00. The van der Waals surface area contributed by atoms with Gasteiger partial charge in [-0.05, 0) is 23.6 Å². The van der Waals surface area contributed by atoms with Crippen molar-refractivity contribution in [1.82, 2.24) is 5.32 Å². The molecule has 1 amide bonds. The predicted molar refractivity (Wildman–Crippen MR) is 64.4 cm³/mol. The van der Waals surface area contributed by atoms with E-state index in [-0.39, 0.29) is 0 Å². The van der Waals surface area contributed by atoms with E-state index < -0.39 is 0 Å². The molecule has 1 aromatic rings. The number of nitrogens with one attached hydrogen (secondary N) is 1. The molecule has 0 saturated heterocycles. The van der Waals surface area contributed by atoms with Gasteiger partial charge in [-0.3, -0.25) is 4.79 Å². The van der Waals surface area contributed by atoms with E-state index in [0.717, 1.165) is 4.88 Å². The molecule has 0 aliphatic carbocycles. The van der Waals surface area contributed by atoms with Crippen LogP contribution in [0.2, 0.25) is 0 Å². The van der Waals surface area contributed by atoms with E-state index >= 15 is 0 Å². The molecule has 1 rings (SSSR count). The lowest BCUT2D eigenvalue weighted by atomic mass is 10.4. The van der Waals surface area contributed by atoms with Gasteiger partial charge in [-0.2, -0.15) is 12.6 Å². The Morgan fingerprint density at radius 1 is 1.43 bits per heavy atom. The molecule has 0 atom stereocenters. The third-order valence-electron chi connectivity index (χ3n) is 1.50. The zero-order valence-corrected chi connectivity index (χ0v) is 9.22. The van der Waals surface area contributed by atoms with E-state index in [1.807, 2.05) is 30.4 Å². The van der Waals surface area contributed by atoms with Crippen LogP contribution in [0.1, 0.15) is 9.75 Å². The second-order valence-electron chi connectivity index (χ2n) is 2.50. The third kappa shape index (κ3) is 3.81. The Morgan fingerprint density at radius 3 is 3.00 bits per heavy atom. The van der Waals surface area contributed by atoms with Crippen molar-refractivity contribution in [2.45, 2.75) is 6.54 Å². The van der Waals surface area contributed by atoms with Crippen molar-refractivity contribution in [3.8, 4) is 0 Å². The van der Waals surface area contributed by atoms with E-state index in [9.17, 15) is 4.79 Å². The highest BCUT2D eigenvalue weighted by Gasteiger charge is 1.95. The monoisotopic (exact) mass is 225 g/mol. The molecule has 2 nitrogen and oxygen atoms in total. The van der Waals surface area contributed by atoms with Gasteiger partial charge in [0.1, 0.15) is 0 Å². The fourth-order valence-electron chi connectivity index (χ4n) is 0.921. The van der Waals surface area contributed by atoms with Crippen LogP contribution >= 0.6 is 24.0 Å². The molecule has 0 bridgehead atoms. The molecular weight excluding hydrogens is 214 g/mol. The molecule has 0 radical (unpaired) electrons. The summed E-state index contributed by atoms with van der Waals surface area (Å²) in [4.78, 5) is 12.4. The Balaban J connectivity index is 2.54. The first-order valence-corrected chi connectivity index (χ1v) is 5.43. The lowest BCUT2D eigenvalue weighted by molar-refractivity contribution is -0.109. The Morgan fingerprint density at radius 2 is 2.29 bits per heavy atom. The summed E-state index contributed by atoms with van der Waals surface area (Å²) in [5, 5.41) is 4.30. The Hall–Kier alpha value is -1.000. The summed E-state index contributed by atoms with van der Waals surface area (Å²) >= 11 is 5.60. The summed E-state index contributed by atoms with van der Waals surface area (Å²) in [6, 6.07) is 4.03. The highest BCUT2D eigenvalue weighted by Crippen LogP contribution is 2.17. The van der Waals surface area contributed by atoms with E-state index in [1.165, 1.54) is 4.88 Å². The highest BCUT2D eigenvalue weighted by atomic mass is 32.1. The van der Waals surface area contributed by atoms with Crippen LogP contribution in [0.4, 0.5) is 0 Å². The van der Waals surface area contributed by atoms with Gasteiger partial charge in [0.15, 0.2) is 0 Å². The van der Waals surface area contributed by atoms with Crippen molar-refractivity contribution in [3.05, 3.63) is 39.4 Å². The quantitative estimate of drug-likeness (QED) is 0.450. The molecule has 0 spiro atoms. The number of carbonyl (C=O) groups is 1. The van der Waals surface area contributed by atoms with Gasteiger partial charge in [0.2, 0.25) is 6.41 Å². The van der Waals surface area contributed by atoms with Gasteiger partial charge in [0, 0.05) is 9.75 Å². The Labute approximate surface area is 92.7 Å². The molecule has 0 aliphatic heterocycles. The number of carbonyl (C=O) groups excluding carboxylic acids is 1. The van der Waals surface area contributed by atoms with Crippen molar-refractivity contribution in [3.63, 3.8) is 0 Å². The van der Waals surface area contributed by atoms with E-state index in [2.05, 4.69) is 17.9 Å². The average molecular weight is 225 g/mol. The van der Waals surface area contributed by atoms with Gasteiger partial charge in [0.25, 0.3) is 0 Å². The summed E-state index contributed by atoms with van der Waals surface area (Å²) in [5.74, 6) is 0. The number of amides is 1. The predicted octanol–water partition coefficient (Wildman–Crippen LogP) is 2.45. The summed E-state index contributed by atoms with van der Waals surface area (Å²) < 4.78 is 0. The maximum Gasteiger partial charge on any atom is 0.207 e. The molecule has 0 aliphatic rings. The first-order valence-electron chi connectivity index (χ1n) is 4.10. The molecule has 1 N–H and O–H groups in total. The standard InChI is InChI=1S/C10H11NOS2/c12-8-11-7-10-5-4-9(14-10)3-1-2-6-13/h1-6,8,13H,7H2,(H,11,12)/b3-1+,6-2-. The molecular formula is C10H11NOS2. The Kier molecular flexibility index (Phi) is 5.11. The van der Waals surface area contributed by atoms with Crippen LogP contribution in [0.5, 0.6) is 0 Å². The molecule has 0 aromatic carbocycles. The first-order chi connectivity index (χ1) is 6.86. The first kappa shape index (κ1) is 11.1. The highest BCUT2D eigenvalue weighted by molar-refractivity contribution is 7.83. The topological polar surface area (TPSA) is 29.1 Å². The SMILES string of the molecule is O=CNCc1ccc(/C=C/C=C\S)s1. The zero-order valence-electron chi connectivity index (χ0n) is 7.51. The lowest BCUT2D eigenvalue weighted by Gasteiger charge is -1.91. The fourth-order valence-corrected chi connectivity index (χ4v) is 1.90. The van der Waals surface area contributed by atoms with Crippen LogP contribution in [0.3, 0.4) is 0 Å². The van der Waals surface area contributed by atoms with Gasteiger partial charge < -0.3 is 5.32 Å². The smallest absolute Gasteiger partial charge is 0.207 e. The molecule has 4 heteroatoms. The van der Waals surface area contributed by atoms with Crippen LogP contribution in [-0.4, -0.2) is 6.41 Å². The van der Waals surface area contributed by atoms with Gasteiger partial charge in [-0.25, -0.2) is 0 Å². The van der Waals surface area contributed by atoms with E-state index in [1.54, 1.807) is 16.7 Å². The third-order valence-corrected chi connectivity index (χ3v) is 2.72. The molecule has 14 heavy (non-hydrogen) atoms. The molecule has 74 valence electrons. The zero-order chi connectivity index (χ0) is 10.2. The van der Waals surface area contributed by atoms with Crippen LogP contribution in [0, 0.1) is 0 Å². The number of thiol groups is 1. The molecule has 0 unspecified atom stereocenters. The molecule has 0 saturated carbocycles. The molecule has 1 heterocycles. The minimum Gasteiger partial charge on any atom is -0.354 e. The van der Waals surface area contributed by atoms with Crippen LogP contribution in [0.15, 0.2) is 29.7 Å². The fraction of sp³-hybridized carbons (Fsp3) is 0.100.